The van der Waals surface area contributed by atoms with Crippen molar-refractivity contribution in [2.24, 2.45) is 17.3 Å². The summed E-state index contributed by atoms with van der Waals surface area (Å²) >= 11 is 1.42. The number of ether oxygens (including phenoxy) is 2. The van der Waals surface area contributed by atoms with E-state index >= 15 is 0 Å². The summed E-state index contributed by atoms with van der Waals surface area (Å²) in [6.45, 7) is 18.5. The van der Waals surface area contributed by atoms with Crippen LogP contribution in [0.2, 0.25) is 0 Å². The number of methoxy groups -OCH3 is 1. The predicted molar refractivity (Wildman–Crippen MR) is 261 cm³/mol. The lowest BCUT2D eigenvalue weighted by Crippen LogP contribution is -2.68. The summed E-state index contributed by atoms with van der Waals surface area (Å²) in [5, 5.41) is 9.99. The summed E-state index contributed by atoms with van der Waals surface area (Å²) in [5.74, 6) is -1.51. The number of amides is 5. The zero-order chi connectivity index (χ0) is 48.8. The summed E-state index contributed by atoms with van der Waals surface area (Å²) in [4.78, 5) is 85.1. The third-order valence-corrected chi connectivity index (χ3v) is 15.4. The van der Waals surface area contributed by atoms with E-state index in [1.807, 2.05) is 32.2 Å². The van der Waals surface area contributed by atoms with Crippen LogP contribution in [0.3, 0.4) is 0 Å². The van der Waals surface area contributed by atoms with Gasteiger partial charge in [-0.2, -0.15) is 0 Å². The van der Waals surface area contributed by atoms with Gasteiger partial charge < -0.3 is 34.1 Å². The van der Waals surface area contributed by atoms with E-state index in [1.165, 1.54) is 22.3 Å². The molecule has 4 aliphatic rings. The van der Waals surface area contributed by atoms with E-state index in [-0.39, 0.29) is 54.9 Å². The minimum absolute atomic E-state index is 0.0304. The highest BCUT2D eigenvalue weighted by molar-refractivity contribution is 7.10. The van der Waals surface area contributed by atoms with Crippen LogP contribution < -0.4 is 5.32 Å². The average Bonchev–Trinajstić information content (AvgIpc) is 3.91. The van der Waals surface area contributed by atoms with Crippen LogP contribution in [0.4, 0.5) is 4.79 Å². The van der Waals surface area contributed by atoms with Crippen LogP contribution in [0.25, 0.3) is 33.4 Å². The first-order valence-corrected chi connectivity index (χ1v) is 24.9. The largest absolute Gasteiger partial charge is 0.464 e. The Bertz CT molecular complexity index is 2590. The Kier molecular flexibility index (Phi) is 14.2. The maximum absolute atomic E-state index is 14.9. The average molecular weight is 950 g/mol. The number of rotatable bonds is 9. The fraction of sp³-hybridized carbons (Fsp3) is 0.549. The monoisotopic (exact) mass is 949 g/mol. The molecule has 0 aliphatic carbocycles. The number of hydrogen-bond acceptors (Lipinski definition) is 11. The van der Waals surface area contributed by atoms with Crippen LogP contribution in [0.5, 0.6) is 0 Å². The number of thiazole rings is 1. The number of piperidine rings is 1. The highest BCUT2D eigenvalue weighted by Gasteiger charge is 2.48. The number of likely N-dealkylation sites (N-methyl/N-ethyl adjacent to an activating group) is 2. The van der Waals surface area contributed by atoms with Crippen LogP contribution in [0.1, 0.15) is 83.2 Å². The molecule has 4 aliphatic heterocycles. The Hall–Kier alpha value is -5.65. The van der Waals surface area contributed by atoms with Gasteiger partial charge in [0.15, 0.2) is 0 Å². The number of nitrogens with zero attached hydrogens (tertiary/aromatic N) is 8. The second-order valence-electron chi connectivity index (χ2n) is 20.0. The van der Waals surface area contributed by atoms with Crippen molar-refractivity contribution in [1.29, 1.82) is 0 Å². The Morgan fingerprint density at radius 1 is 1.12 bits per heavy atom. The minimum Gasteiger partial charge on any atom is -0.464 e. The fourth-order valence-electron chi connectivity index (χ4n) is 10.8. The van der Waals surface area contributed by atoms with Gasteiger partial charge in [0.2, 0.25) is 11.8 Å². The first kappa shape index (κ1) is 48.8. The number of hydrazine groups is 1. The number of pyridine rings is 1. The van der Waals surface area contributed by atoms with Crippen molar-refractivity contribution >= 4 is 52.0 Å². The third-order valence-electron chi connectivity index (χ3n) is 14.5. The quantitative estimate of drug-likeness (QED) is 0.148. The van der Waals surface area contributed by atoms with Crippen molar-refractivity contribution in [3.8, 4) is 22.5 Å². The number of hydrogen-bond donors (Lipinski definition) is 1. The maximum atomic E-state index is 14.9. The van der Waals surface area contributed by atoms with Crippen LogP contribution >= 0.6 is 11.3 Å². The van der Waals surface area contributed by atoms with Crippen LogP contribution in [-0.4, -0.2) is 147 Å². The second kappa shape index (κ2) is 19.8. The number of carbonyl (C=O) groups excluding carboxylic acids is 5. The number of nitrogens with one attached hydrogen (secondary N) is 1. The molecule has 1 aromatic carbocycles. The van der Waals surface area contributed by atoms with Gasteiger partial charge in [-0.05, 0) is 81.4 Å². The van der Waals surface area contributed by atoms with E-state index in [2.05, 4.69) is 61.5 Å². The van der Waals surface area contributed by atoms with Gasteiger partial charge in [0.1, 0.15) is 18.1 Å². The molecule has 16 nitrogen and oxygen atoms in total. The molecular formula is C51H67N9O7S. The molecule has 6 atom stereocenters. The van der Waals surface area contributed by atoms with Gasteiger partial charge in [-0.15, -0.1) is 11.3 Å². The molecule has 3 fully saturated rings. The van der Waals surface area contributed by atoms with E-state index in [4.69, 9.17) is 19.4 Å². The third kappa shape index (κ3) is 9.28. The summed E-state index contributed by atoms with van der Waals surface area (Å²) in [6.07, 6.45) is 5.23. The van der Waals surface area contributed by atoms with Crippen molar-refractivity contribution in [2.75, 3.05) is 54.0 Å². The lowest BCUT2D eigenvalue weighted by molar-refractivity contribution is -0.174. The molecule has 0 radical (unpaired) electrons. The predicted octanol–water partition coefficient (Wildman–Crippen LogP) is 6.34. The molecule has 8 rings (SSSR count). The zero-order valence-electron chi connectivity index (χ0n) is 41.0. The Morgan fingerprint density at radius 2 is 1.90 bits per heavy atom. The lowest BCUT2D eigenvalue weighted by atomic mass is 9.82. The first-order chi connectivity index (χ1) is 32.5. The van der Waals surface area contributed by atoms with Crippen molar-refractivity contribution in [2.45, 2.75) is 110 Å². The number of esters is 1. The maximum Gasteiger partial charge on any atom is 0.325 e. The number of aryl methyl sites for hydroxylation is 1. The van der Waals surface area contributed by atoms with Crippen molar-refractivity contribution in [1.82, 2.24) is 44.6 Å². The molecule has 7 heterocycles. The number of likely N-dealkylation sites (tertiary alicyclic amines) is 2. The van der Waals surface area contributed by atoms with Gasteiger partial charge in [0, 0.05) is 111 Å². The smallest absolute Gasteiger partial charge is 0.325 e. The number of cyclic esters (lactones) is 1. The van der Waals surface area contributed by atoms with Crippen LogP contribution in [0, 0.1) is 17.3 Å². The normalized spacial score (nSPS) is 23.0. The number of fused-ring (bicyclic) bond motifs is 7. The van der Waals surface area contributed by atoms with E-state index in [9.17, 15) is 24.0 Å². The van der Waals surface area contributed by atoms with Crippen molar-refractivity contribution in [3.05, 3.63) is 70.8 Å². The Balaban J connectivity index is 1.14. The van der Waals surface area contributed by atoms with Gasteiger partial charge >= 0.3 is 12.0 Å². The van der Waals surface area contributed by atoms with Gasteiger partial charge in [-0.25, -0.2) is 14.8 Å². The molecule has 68 heavy (non-hydrogen) atoms. The molecule has 0 unspecified atom stereocenters. The van der Waals surface area contributed by atoms with E-state index in [0.29, 0.717) is 63.4 Å². The molecule has 4 aromatic rings. The number of urea groups is 1. The molecule has 0 saturated carbocycles. The number of carbonyl (C=O) groups is 5. The first-order valence-electron chi connectivity index (χ1n) is 24.0. The Morgan fingerprint density at radius 3 is 2.60 bits per heavy atom. The number of aromatic nitrogens is 3. The van der Waals surface area contributed by atoms with Crippen molar-refractivity contribution in [3.63, 3.8) is 0 Å². The van der Waals surface area contributed by atoms with Crippen LogP contribution in [0.15, 0.2) is 54.6 Å². The molecule has 3 saturated heterocycles. The van der Waals surface area contributed by atoms with E-state index in [1.54, 1.807) is 47.2 Å². The molecule has 0 spiro atoms. The topological polar surface area (TPSA) is 163 Å². The summed E-state index contributed by atoms with van der Waals surface area (Å²) in [5.41, 5.74) is 6.16. The molecule has 5 amide bonds. The summed E-state index contributed by atoms with van der Waals surface area (Å²) in [6, 6.07) is 7.45. The lowest BCUT2D eigenvalue weighted by Gasteiger charge is -2.54. The minimum atomic E-state index is -1.07. The second-order valence-corrected chi connectivity index (χ2v) is 20.9. The molecule has 6 bridgehead atoms. The number of benzene rings is 1. The van der Waals surface area contributed by atoms with E-state index in [0.717, 1.165) is 44.7 Å². The molecule has 364 valence electrons. The fourth-order valence-corrected chi connectivity index (χ4v) is 11.7. The molecule has 17 heteroatoms. The van der Waals surface area contributed by atoms with Crippen LogP contribution in [-0.2, 0) is 48.0 Å². The zero-order valence-corrected chi connectivity index (χ0v) is 41.8. The molecule has 3 aromatic heterocycles. The van der Waals surface area contributed by atoms with Gasteiger partial charge in [0.25, 0.3) is 5.91 Å². The highest BCUT2D eigenvalue weighted by atomic mass is 32.1. The Labute approximate surface area is 403 Å². The SMILES string of the molecule is C=CC(=O)N1CC[C@@H]2[C@H](C1)CN2C(=O)N(C)[C@H](C(=O)N[C@H]1Cc2nc(cs2)-c2ccc3c(c2)c(c(-c2cccnc2[C@H](C)OC)n3CC)CC(C)(C)COC(=O)[C@@H]2CCCN(C1=O)N2C)C(C)C. The highest BCUT2D eigenvalue weighted by Crippen LogP contribution is 2.42. The summed E-state index contributed by atoms with van der Waals surface area (Å²) in [7, 11) is 5.05. The van der Waals surface area contributed by atoms with Crippen molar-refractivity contribution < 1.29 is 33.4 Å². The standard InChI is InChI=1S/C51H67N9O7S/c1-11-43(61)57-22-19-39-33(26-57)27-59(39)50(65)55(8)45(30(3)4)47(62)54-37-24-42-53-38(28-68-42)32-17-18-40-35(23-32)36(46(58(40)12-2)34-15-13-20-52-44(34)31(5)66-10)25-51(6,7)29-67-49(64)41-16-14-21-60(48(37)63)56(41)9/h11,13,15,17-18,20,23,28,30-31,33,37,39,41,45H,1,12,14,16,19,21-22,24-27,29H2,2-10H3,(H,54,62)/t31-,33+,37-,39+,41-,45-/m0/s1. The van der Waals surface area contributed by atoms with E-state index < -0.39 is 35.4 Å². The summed E-state index contributed by atoms with van der Waals surface area (Å²) < 4.78 is 14.4. The molecular weight excluding hydrogens is 883 g/mol. The van der Waals surface area contributed by atoms with Gasteiger partial charge in [-0.1, -0.05) is 40.3 Å². The van der Waals surface area contributed by atoms with Gasteiger partial charge in [-0.3, -0.25) is 29.2 Å². The molecule has 1 N–H and O–H groups in total. The van der Waals surface area contributed by atoms with Gasteiger partial charge in [0.05, 0.1) is 34.8 Å².